The van der Waals surface area contributed by atoms with Gasteiger partial charge in [-0.25, -0.2) is 9.97 Å². The molecule has 2 rings (SSSR count). The minimum atomic E-state index is 0.643. The molecule has 1 aromatic heterocycles. The van der Waals surface area contributed by atoms with E-state index >= 15 is 0 Å². The number of hydrogen-bond donors (Lipinski definition) is 1. The number of benzene rings is 1. The monoisotopic (exact) mass is 287 g/mol. The van der Waals surface area contributed by atoms with E-state index in [9.17, 15) is 0 Å². The lowest BCUT2D eigenvalue weighted by Crippen LogP contribution is -2.10. The molecule has 0 saturated carbocycles. The molecule has 5 nitrogen and oxygen atoms in total. The summed E-state index contributed by atoms with van der Waals surface area (Å²) in [7, 11) is 1.65. The van der Waals surface area contributed by atoms with Crippen molar-refractivity contribution in [2.24, 2.45) is 0 Å². The number of nitrogens with zero attached hydrogens (tertiary/aromatic N) is 2. The van der Waals surface area contributed by atoms with Crippen LogP contribution in [-0.4, -0.2) is 30.2 Å². The Morgan fingerprint density at radius 1 is 1.00 bits per heavy atom. The van der Waals surface area contributed by atoms with Gasteiger partial charge >= 0.3 is 0 Å². The minimum Gasteiger partial charge on any atom is -0.497 e. The Labute approximate surface area is 125 Å². The molecule has 0 bridgehead atoms. The first kappa shape index (κ1) is 15.1. The molecule has 0 saturated heterocycles. The number of aromatic nitrogens is 2. The van der Waals surface area contributed by atoms with Crippen molar-refractivity contribution in [2.75, 3.05) is 25.6 Å². The van der Waals surface area contributed by atoms with Gasteiger partial charge in [-0.05, 0) is 50.6 Å². The largest absolute Gasteiger partial charge is 0.497 e. The van der Waals surface area contributed by atoms with Gasteiger partial charge < -0.3 is 14.8 Å². The fourth-order valence-electron chi connectivity index (χ4n) is 1.94. The number of ether oxygens (including phenoxy) is 2. The molecule has 0 radical (unpaired) electrons. The van der Waals surface area contributed by atoms with Crippen LogP contribution in [0.4, 0.5) is 5.95 Å². The summed E-state index contributed by atoms with van der Waals surface area (Å²) in [5.74, 6) is 2.35. The van der Waals surface area contributed by atoms with Gasteiger partial charge in [-0.2, -0.15) is 0 Å². The second-order valence-electron chi connectivity index (χ2n) is 4.78. The molecule has 112 valence electrons. The fourth-order valence-corrected chi connectivity index (χ4v) is 1.94. The molecule has 1 N–H and O–H groups in total. The summed E-state index contributed by atoms with van der Waals surface area (Å²) in [4.78, 5) is 8.66. The van der Waals surface area contributed by atoms with Gasteiger partial charge in [0.05, 0.1) is 13.7 Å². The molecule has 1 heterocycles. The smallest absolute Gasteiger partial charge is 0.223 e. The molecule has 21 heavy (non-hydrogen) atoms. The van der Waals surface area contributed by atoms with E-state index in [0.717, 1.165) is 35.9 Å². The second-order valence-corrected chi connectivity index (χ2v) is 4.78. The van der Waals surface area contributed by atoms with Gasteiger partial charge in [-0.3, -0.25) is 0 Å². The van der Waals surface area contributed by atoms with Gasteiger partial charge in [-0.15, -0.1) is 0 Å². The number of methoxy groups -OCH3 is 1. The van der Waals surface area contributed by atoms with E-state index < -0.39 is 0 Å². The zero-order chi connectivity index (χ0) is 15.1. The molecule has 0 atom stereocenters. The standard InChI is InChI=1S/C16H21N3O2/c1-12-11-13(2)19-16(18-12)17-9-4-10-21-15-7-5-14(20-3)6-8-15/h5-8,11H,4,9-10H2,1-3H3,(H,17,18,19). The third kappa shape index (κ3) is 4.95. The summed E-state index contributed by atoms with van der Waals surface area (Å²) in [6.45, 7) is 5.35. The van der Waals surface area contributed by atoms with Crippen LogP contribution in [0.2, 0.25) is 0 Å². The van der Waals surface area contributed by atoms with Crippen LogP contribution in [-0.2, 0) is 0 Å². The van der Waals surface area contributed by atoms with Crippen LogP contribution >= 0.6 is 0 Å². The van der Waals surface area contributed by atoms with E-state index in [1.807, 2.05) is 44.2 Å². The molecule has 0 fully saturated rings. The molecule has 0 aliphatic heterocycles. The number of hydrogen-bond acceptors (Lipinski definition) is 5. The molecule has 0 spiro atoms. The molecule has 2 aromatic rings. The first-order chi connectivity index (χ1) is 10.2. The van der Waals surface area contributed by atoms with Gasteiger partial charge in [0.15, 0.2) is 0 Å². The predicted molar refractivity (Wildman–Crippen MR) is 83.1 cm³/mol. The van der Waals surface area contributed by atoms with E-state index in [1.165, 1.54) is 0 Å². The Morgan fingerprint density at radius 3 is 2.24 bits per heavy atom. The topological polar surface area (TPSA) is 56.3 Å². The van der Waals surface area contributed by atoms with Crippen LogP contribution in [0.25, 0.3) is 0 Å². The molecule has 5 heteroatoms. The number of anilines is 1. The van der Waals surface area contributed by atoms with Crippen molar-refractivity contribution in [3.63, 3.8) is 0 Å². The van der Waals surface area contributed by atoms with Crippen LogP contribution in [0.3, 0.4) is 0 Å². The van der Waals surface area contributed by atoms with Gasteiger partial charge in [-0.1, -0.05) is 0 Å². The van der Waals surface area contributed by atoms with Crippen molar-refractivity contribution in [1.82, 2.24) is 9.97 Å². The maximum atomic E-state index is 5.65. The van der Waals surface area contributed by atoms with Gasteiger partial charge in [0, 0.05) is 17.9 Å². The van der Waals surface area contributed by atoms with E-state index in [-0.39, 0.29) is 0 Å². The molecule has 1 aromatic carbocycles. The predicted octanol–water partition coefficient (Wildman–Crippen LogP) is 2.98. The van der Waals surface area contributed by atoms with Crippen LogP contribution in [0, 0.1) is 13.8 Å². The van der Waals surface area contributed by atoms with Crippen LogP contribution in [0.5, 0.6) is 11.5 Å². The summed E-state index contributed by atoms with van der Waals surface area (Å²) in [5.41, 5.74) is 1.94. The van der Waals surface area contributed by atoms with E-state index in [4.69, 9.17) is 9.47 Å². The lowest BCUT2D eigenvalue weighted by atomic mass is 10.3. The molecular weight excluding hydrogens is 266 g/mol. The number of rotatable bonds is 7. The summed E-state index contributed by atoms with van der Waals surface area (Å²) >= 11 is 0. The average molecular weight is 287 g/mol. The molecular formula is C16H21N3O2. The normalized spacial score (nSPS) is 10.2. The second kappa shape index (κ2) is 7.47. The molecule has 0 aliphatic rings. The Hall–Kier alpha value is -2.30. The van der Waals surface area contributed by atoms with E-state index in [1.54, 1.807) is 7.11 Å². The molecule has 0 amide bonds. The first-order valence-corrected chi connectivity index (χ1v) is 7.00. The Morgan fingerprint density at radius 2 is 1.62 bits per heavy atom. The van der Waals surface area contributed by atoms with Gasteiger partial charge in [0.1, 0.15) is 11.5 Å². The lowest BCUT2D eigenvalue weighted by molar-refractivity contribution is 0.314. The van der Waals surface area contributed by atoms with Gasteiger partial charge in [0.2, 0.25) is 5.95 Å². The van der Waals surface area contributed by atoms with Crippen molar-refractivity contribution >= 4 is 5.95 Å². The number of nitrogens with one attached hydrogen (secondary N) is 1. The van der Waals surface area contributed by atoms with Crippen molar-refractivity contribution < 1.29 is 9.47 Å². The van der Waals surface area contributed by atoms with E-state index in [2.05, 4.69) is 15.3 Å². The van der Waals surface area contributed by atoms with Crippen molar-refractivity contribution in [3.05, 3.63) is 41.7 Å². The summed E-state index contributed by atoms with van der Waals surface area (Å²) in [5, 5.41) is 3.21. The highest BCUT2D eigenvalue weighted by Gasteiger charge is 1.99. The Bertz CT molecular complexity index is 550. The summed E-state index contributed by atoms with van der Waals surface area (Å²) in [6, 6.07) is 9.53. The van der Waals surface area contributed by atoms with Crippen LogP contribution < -0.4 is 14.8 Å². The Balaban J connectivity index is 1.69. The highest BCUT2D eigenvalue weighted by molar-refractivity contribution is 5.31. The third-order valence-electron chi connectivity index (χ3n) is 2.91. The highest BCUT2D eigenvalue weighted by atomic mass is 16.5. The van der Waals surface area contributed by atoms with Crippen LogP contribution in [0.15, 0.2) is 30.3 Å². The van der Waals surface area contributed by atoms with Crippen molar-refractivity contribution in [2.45, 2.75) is 20.3 Å². The summed E-state index contributed by atoms with van der Waals surface area (Å²) in [6.07, 6.45) is 0.877. The fraction of sp³-hybridized carbons (Fsp3) is 0.375. The van der Waals surface area contributed by atoms with Crippen molar-refractivity contribution in [3.8, 4) is 11.5 Å². The highest BCUT2D eigenvalue weighted by Crippen LogP contribution is 2.17. The van der Waals surface area contributed by atoms with Crippen LogP contribution in [0.1, 0.15) is 17.8 Å². The van der Waals surface area contributed by atoms with Crippen molar-refractivity contribution in [1.29, 1.82) is 0 Å². The maximum Gasteiger partial charge on any atom is 0.223 e. The van der Waals surface area contributed by atoms with E-state index in [0.29, 0.717) is 12.6 Å². The maximum absolute atomic E-state index is 5.65. The lowest BCUT2D eigenvalue weighted by Gasteiger charge is -2.08. The zero-order valence-electron chi connectivity index (χ0n) is 12.7. The quantitative estimate of drug-likeness (QED) is 0.793. The van der Waals surface area contributed by atoms with Gasteiger partial charge in [0.25, 0.3) is 0 Å². The minimum absolute atomic E-state index is 0.643. The first-order valence-electron chi connectivity index (χ1n) is 7.00. The number of aryl methyl sites for hydroxylation is 2. The third-order valence-corrected chi connectivity index (χ3v) is 2.91. The zero-order valence-corrected chi connectivity index (χ0v) is 12.7. The Kier molecular flexibility index (Phi) is 5.37. The SMILES string of the molecule is COc1ccc(OCCCNc2nc(C)cc(C)n2)cc1. The molecule has 0 unspecified atom stereocenters. The average Bonchev–Trinajstić information content (AvgIpc) is 2.46. The summed E-state index contributed by atoms with van der Waals surface area (Å²) < 4.78 is 10.8. The molecule has 0 aliphatic carbocycles.